The summed E-state index contributed by atoms with van der Waals surface area (Å²) in [6.07, 6.45) is 1.29. The number of hydrogen-bond donors (Lipinski definition) is 3. The molecular formula is C26H28N4O5. The first-order valence-corrected chi connectivity index (χ1v) is 11.6. The molecule has 182 valence electrons. The maximum Gasteiger partial charge on any atom is 0.407 e. The Morgan fingerprint density at radius 3 is 2.29 bits per heavy atom. The van der Waals surface area contributed by atoms with Crippen LogP contribution in [0.4, 0.5) is 10.6 Å². The zero-order chi connectivity index (χ0) is 24.9. The van der Waals surface area contributed by atoms with Gasteiger partial charge in [0.1, 0.15) is 18.5 Å². The number of rotatable bonds is 9. The Morgan fingerprint density at radius 2 is 1.71 bits per heavy atom. The van der Waals surface area contributed by atoms with Gasteiger partial charge in [0.25, 0.3) is 0 Å². The van der Waals surface area contributed by atoms with Gasteiger partial charge < -0.3 is 20.5 Å². The van der Waals surface area contributed by atoms with E-state index in [0.717, 1.165) is 28.7 Å². The summed E-state index contributed by atoms with van der Waals surface area (Å²) in [7, 11) is 1.53. The second kappa shape index (κ2) is 10.4. The molecule has 2 amide bonds. The number of alkyl carbamates (subject to hydrolysis) is 1. The number of benzene rings is 2. The normalized spacial score (nSPS) is 13.0. The van der Waals surface area contributed by atoms with E-state index in [1.165, 1.54) is 17.8 Å². The van der Waals surface area contributed by atoms with E-state index in [1.807, 2.05) is 43.3 Å². The molecule has 0 radical (unpaired) electrons. The Morgan fingerprint density at radius 1 is 1.09 bits per heavy atom. The van der Waals surface area contributed by atoms with Crippen molar-refractivity contribution >= 4 is 23.8 Å². The number of ether oxygens (including phenoxy) is 1. The number of carbonyl (C=O) groups excluding carboxylic acids is 2. The lowest BCUT2D eigenvalue weighted by Gasteiger charge is -2.19. The molecule has 3 aromatic rings. The molecular weight excluding hydrogens is 448 g/mol. The van der Waals surface area contributed by atoms with Gasteiger partial charge in [-0.2, -0.15) is 5.10 Å². The minimum atomic E-state index is -1.19. The third-order valence-corrected chi connectivity index (χ3v) is 6.15. The van der Waals surface area contributed by atoms with Gasteiger partial charge in [-0.25, -0.2) is 9.59 Å². The number of nitrogens with one attached hydrogen (secondary N) is 2. The number of fused-ring (bicyclic) bond motifs is 3. The summed E-state index contributed by atoms with van der Waals surface area (Å²) in [6, 6.07) is 16.6. The minimum Gasteiger partial charge on any atom is -0.476 e. The lowest BCUT2D eigenvalue weighted by atomic mass is 9.98. The van der Waals surface area contributed by atoms with Crippen LogP contribution in [0.1, 0.15) is 53.7 Å². The number of carbonyl (C=O) groups is 3. The monoisotopic (exact) mass is 476 g/mol. The number of nitrogens with zero attached hydrogens (tertiary/aromatic N) is 2. The molecule has 2 aromatic carbocycles. The van der Waals surface area contributed by atoms with Crippen molar-refractivity contribution in [2.75, 3.05) is 11.9 Å². The van der Waals surface area contributed by atoms with Crippen LogP contribution in [-0.2, 0) is 16.6 Å². The number of carboxylic acids is 1. The van der Waals surface area contributed by atoms with E-state index < -0.39 is 24.0 Å². The van der Waals surface area contributed by atoms with Gasteiger partial charge >= 0.3 is 12.1 Å². The topological polar surface area (TPSA) is 123 Å². The molecule has 9 heteroatoms. The lowest BCUT2D eigenvalue weighted by Crippen LogP contribution is -2.44. The molecule has 1 atom stereocenters. The van der Waals surface area contributed by atoms with Crippen molar-refractivity contribution in [2.45, 2.75) is 38.1 Å². The van der Waals surface area contributed by atoms with E-state index in [2.05, 4.69) is 27.9 Å². The van der Waals surface area contributed by atoms with Crippen molar-refractivity contribution in [2.24, 2.45) is 7.05 Å². The van der Waals surface area contributed by atoms with E-state index in [4.69, 9.17) is 9.84 Å². The van der Waals surface area contributed by atoms with Crippen molar-refractivity contribution in [1.29, 1.82) is 0 Å². The van der Waals surface area contributed by atoms with Gasteiger partial charge in [-0.3, -0.25) is 9.48 Å². The highest BCUT2D eigenvalue weighted by Gasteiger charge is 2.30. The Bertz CT molecular complexity index is 1210. The van der Waals surface area contributed by atoms with Crippen LogP contribution in [0.2, 0.25) is 0 Å². The molecule has 0 bridgehead atoms. The number of carboxylic acid groups (broad SMARTS) is 1. The molecule has 1 aliphatic carbocycles. The third-order valence-electron chi connectivity index (χ3n) is 6.15. The Balaban J connectivity index is 1.42. The molecule has 0 spiro atoms. The molecule has 1 unspecified atom stereocenters. The number of aryl methyl sites for hydroxylation is 1. The summed E-state index contributed by atoms with van der Waals surface area (Å²) < 4.78 is 6.85. The maximum absolute atomic E-state index is 12.9. The van der Waals surface area contributed by atoms with Crippen molar-refractivity contribution in [3.8, 4) is 11.1 Å². The largest absolute Gasteiger partial charge is 0.476 e. The predicted molar refractivity (Wildman–Crippen MR) is 130 cm³/mol. The standard InChI is InChI=1S/C26H28N4O5/c1-3-4-13-21(24(31)28-23-14-22(25(32)33)29-30(23)2)27-26(34)35-15-20-18-11-7-5-9-16(18)17-10-6-8-12-19(17)20/h5-12,14,20-21H,3-4,13,15H2,1-2H3,(H,27,34)(H,28,31)(H,32,33). The SMILES string of the molecule is CCCCC(NC(=O)OCC1c2ccccc2-c2ccccc21)C(=O)Nc1cc(C(=O)O)nn1C. The average Bonchev–Trinajstić information content (AvgIpc) is 3.38. The van der Waals surface area contributed by atoms with Gasteiger partial charge in [0, 0.05) is 19.0 Å². The number of unbranched alkanes of at least 4 members (excludes halogenated alkanes) is 1. The van der Waals surface area contributed by atoms with Gasteiger partial charge in [0.2, 0.25) is 5.91 Å². The number of hydrogen-bond acceptors (Lipinski definition) is 5. The zero-order valence-corrected chi connectivity index (χ0v) is 19.7. The molecule has 9 nitrogen and oxygen atoms in total. The second-order valence-electron chi connectivity index (χ2n) is 8.50. The van der Waals surface area contributed by atoms with Crippen LogP contribution in [0.3, 0.4) is 0 Å². The van der Waals surface area contributed by atoms with E-state index in [1.54, 1.807) is 0 Å². The molecule has 1 aliphatic rings. The Kier molecular flexibility index (Phi) is 7.14. The van der Waals surface area contributed by atoms with Gasteiger partial charge in [-0.05, 0) is 28.7 Å². The van der Waals surface area contributed by atoms with Crippen molar-refractivity contribution < 1.29 is 24.2 Å². The summed E-state index contributed by atoms with van der Waals surface area (Å²) in [5.74, 6) is -1.52. The number of anilines is 1. The number of aromatic carboxylic acids is 1. The lowest BCUT2D eigenvalue weighted by molar-refractivity contribution is -0.118. The summed E-state index contributed by atoms with van der Waals surface area (Å²) in [5, 5.41) is 18.3. The molecule has 3 N–H and O–H groups in total. The third kappa shape index (κ3) is 5.18. The van der Waals surface area contributed by atoms with E-state index in [-0.39, 0.29) is 24.0 Å². The zero-order valence-electron chi connectivity index (χ0n) is 19.7. The molecule has 35 heavy (non-hydrogen) atoms. The molecule has 1 heterocycles. The van der Waals surface area contributed by atoms with Gasteiger partial charge in [0.15, 0.2) is 5.69 Å². The van der Waals surface area contributed by atoms with Crippen LogP contribution in [0, 0.1) is 0 Å². The molecule has 0 saturated heterocycles. The molecule has 0 saturated carbocycles. The van der Waals surface area contributed by atoms with E-state index >= 15 is 0 Å². The smallest absolute Gasteiger partial charge is 0.407 e. The Labute approximate surface area is 203 Å². The Hall–Kier alpha value is -4.14. The van der Waals surface area contributed by atoms with Crippen molar-refractivity contribution in [3.05, 3.63) is 71.4 Å². The maximum atomic E-state index is 12.9. The van der Waals surface area contributed by atoms with Crippen LogP contribution in [0.15, 0.2) is 54.6 Å². The highest BCUT2D eigenvalue weighted by molar-refractivity contribution is 5.97. The van der Waals surface area contributed by atoms with Crippen LogP contribution in [-0.4, -0.2) is 45.5 Å². The highest BCUT2D eigenvalue weighted by Crippen LogP contribution is 2.44. The van der Waals surface area contributed by atoms with Crippen molar-refractivity contribution in [3.63, 3.8) is 0 Å². The molecule has 0 aliphatic heterocycles. The summed E-state index contributed by atoms with van der Waals surface area (Å²) >= 11 is 0. The molecule has 4 rings (SSSR count). The number of amides is 2. The highest BCUT2D eigenvalue weighted by atomic mass is 16.5. The van der Waals surface area contributed by atoms with E-state index in [9.17, 15) is 14.4 Å². The minimum absolute atomic E-state index is 0.0834. The van der Waals surface area contributed by atoms with Gasteiger partial charge in [-0.1, -0.05) is 68.3 Å². The van der Waals surface area contributed by atoms with Gasteiger partial charge in [-0.15, -0.1) is 0 Å². The van der Waals surface area contributed by atoms with Gasteiger partial charge in [0.05, 0.1) is 0 Å². The average molecular weight is 477 g/mol. The van der Waals surface area contributed by atoms with Crippen LogP contribution in [0.5, 0.6) is 0 Å². The summed E-state index contributed by atoms with van der Waals surface area (Å²) in [5.41, 5.74) is 4.29. The second-order valence-corrected chi connectivity index (χ2v) is 8.50. The van der Waals surface area contributed by atoms with Crippen LogP contribution in [0.25, 0.3) is 11.1 Å². The first-order valence-electron chi connectivity index (χ1n) is 11.6. The summed E-state index contributed by atoms with van der Waals surface area (Å²) in [6.45, 7) is 2.13. The molecule has 0 fully saturated rings. The first kappa shape index (κ1) is 24.0. The fourth-order valence-corrected chi connectivity index (χ4v) is 4.36. The first-order chi connectivity index (χ1) is 16.9. The quantitative estimate of drug-likeness (QED) is 0.426. The molecule has 1 aromatic heterocycles. The fourth-order valence-electron chi connectivity index (χ4n) is 4.36. The van der Waals surface area contributed by atoms with Crippen molar-refractivity contribution in [1.82, 2.24) is 15.1 Å². The fraction of sp³-hybridized carbons (Fsp3) is 0.308. The van der Waals surface area contributed by atoms with Crippen LogP contribution < -0.4 is 10.6 Å². The number of aromatic nitrogens is 2. The van der Waals surface area contributed by atoms with Crippen LogP contribution >= 0.6 is 0 Å². The van der Waals surface area contributed by atoms with E-state index in [0.29, 0.717) is 12.8 Å². The summed E-state index contributed by atoms with van der Waals surface area (Å²) in [4.78, 5) is 36.8. The predicted octanol–water partition coefficient (Wildman–Crippen LogP) is 4.15.